The molecule has 0 bridgehead atoms. The van der Waals surface area contributed by atoms with E-state index < -0.39 is 0 Å². The third-order valence-corrected chi connectivity index (χ3v) is 6.03. The van der Waals surface area contributed by atoms with Gasteiger partial charge in [-0.1, -0.05) is 24.3 Å². The molecule has 11 nitrogen and oxygen atoms in total. The van der Waals surface area contributed by atoms with Crippen LogP contribution >= 0.6 is 0 Å². The smallest absolute Gasteiger partial charge is 0.327 e. The number of anilines is 1. The molecule has 0 saturated carbocycles. The summed E-state index contributed by atoms with van der Waals surface area (Å²) in [5.41, 5.74) is 21.3. The first-order chi connectivity index (χ1) is 17.8. The van der Waals surface area contributed by atoms with Gasteiger partial charge in [0, 0.05) is 42.2 Å². The van der Waals surface area contributed by atoms with Gasteiger partial charge >= 0.3 is 6.03 Å². The summed E-state index contributed by atoms with van der Waals surface area (Å²) in [7, 11) is 0. The Hall–Kier alpha value is -4.35. The molecule has 0 aliphatic carbocycles. The highest BCUT2D eigenvalue weighted by molar-refractivity contribution is 5.98. The average molecular weight is 505 g/mol. The summed E-state index contributed by atoms with van der Waals surface area (Å²) >= 11 is 0. The van der Waals surface area contributed by atoms with E-state index in [0.29, 0.717) is 37.2 Å². The molecule has 2 aliphatic rings. The predicted octanol–water partition coefficient (Wildman–Crippen LogP) is 0.326. The predicted molar refractivity (Wildman–Crippen MR) is 143 cm³/mol. The van der Waals surface area contributed by atoms with Gasteiger partial charge in [-0.2, -0.15) is 0 Å². The van der Waals surface area contributed by atoms with Crippen LogP contribution < -0.4 is 38.1 Å². The summed E-state index contributed by atoms with van der Waals surface area (Å²) in [6.07, 6.45) is 4.68. The molecule has 2 heterocycles. The standard InChI is InChI=1S/C26H32N8O3/c27-20(15-35)12-16-2-4-17(5-3-16)22-13-19-14-34(26(37)33-23(19)32-22)21-8-6-18(7-9-21)24(36)30-10-1-11-31-25(28)29/h2-9,13-14,20,23,32,35H,1,10-12,15,27H2,(H,30,36)(H,33,37)(H4,28,29,31)/t20-,23?/m0/s1. The maximum absolute atomic E-state index is 12.8. The van der Waals surface area contributed by atoms with E-state index in [1.165, 1.54) is 4.90 Å². The van der Waals surface area contributed by atoms with Crippen molar-refractivity contribution in [1.29, 1.82) is 0 Å². The highest BCUT2D eigenvalue weighted by atomic mass is 16.3. The van der Waals surface area contributed by atoms with Crippen molar-refractivity contribution in [3.8, 4) is 0 Å². The van der Waals surface area contributed by atoms with Gasteiger partial charge in [-0.3, -0.25) is 14.7 Å². The van der Waals surface area contributed by atoms with Crippen LogP contribution in [0.5, 0.6) is 0 Å². The summed E-state index contributed by atoms with van der Waals surface area (Å²) in [6, 6.07) is 14.2. The number of amides is 3. The maximum Gasteiger partial charge on any atom is 0.327 e. The number of hydrogen-bond acceptors (Lipinski definition) is 6. The Balaban J connectivity index is 1.40. The molecule has 194 valence electrons. The van der Waals surface area contributed by atoms with Crippen molar-refractivity contribution in [3.63, 3.8) is 0 Å². The van der Waals surface area contributed by atoms with E-state index in [1.54, 1.807) is 30.5 Å². The quantitative estimate of drug-likeness (QED) is 0.138. The molecule has 11 heteroatoms. The van der Waals surface area contributed by atoms with Crippen molar-refractivity contribution >= 4 is 29.3 Å². The van der Waals surface area contributed by atoms with Crippen molar-refractivity contribution in [2.75, 3.05) is 24.6 Å². The molecule has 2 aromatic carbocycles. The minimum atomic E-state index is -0.328. The van der Waals surface area contributed by atoms with E-state index in [1.807, 2.05) is 30.3 Å². The molecule has 2 atom stereocenters. The lowest BCUT2D eigenvalue weighted by atomic mass is 10.0. The number of carbonyl (C=O) groups excluding carboxylic acids is 2. The lowest BCUT2D eigenvalue weighted by molar-refractivity contribution is 0.0953. The van der Waals surface area contributed by atoms with E-state index in [-0.39, 0.29) is 36.7 Å². The van der Waals surface area contributed by atoms with Crippen LogP contribution in [0, 0.1) is 0 Å². The number of aliphatic hydroxyl groups excluding tert-OH is 1. The van der Waals surface area contributed by atoms with E-state index in [4.69, 9.17) is 22.3 Å². The summed E-state index contributed by atoms with van der Waals surface area (Å²) in [6.45, 7) is 0.829. The number of urea groups is 1. The molecule has 0 saturated heterocycles. The van der Waals surface area contributed by atoms with Crippen LogP contribution in [0.2, 0.25) is 0 Å². The van der Waals surface area contributed by atoms with Crippen molar-refractivity contribution in [1.82, 2.24) is 16.0 Å². The number of aliphatic imine (C=N–C) groups is 1. The third-order valence-electron chi connectivity index (χ3n) is 6.03. The maximum atomic E-state index is 12.8. The average Bonchev–Trinajstić information content (AvgIpc) is 3.31. The number of carbonyl (C=O) groups is 2. The number of nitrogens with one attached hydrogen (secondary N) is 3. The molecule has 0 radical (unpaired) electrons. The number of fused-ring (bicyclic) bond motifs is 1. The highest BCUT2D eigenvalue weighted by Gasteiger charge is 2.31. The molecule has 2 aromatic rings. The first kappa shape index (κ1) is 25.7. The fourth-order valence-corrected chi connectivity index (χ4v) is 4.07. The second-order valence-corrected chi connectivity index (χ2v) is 8.89. The fraction of sp³-hybridized carbons (Fsp3) is 0.269. The zero-order valence-electron chi connectivity index (χ0n) is 20.4. The zero-order valence-corrected chi connectivity index (χ0v) is 20.4. The van der Waals surface area contributed by atoms with Crippen LogP contribution in [-0.2, 0) is 6.42 Å². The molecule has 10 N–H and O–H groups in total. The Morgan fingerprint density at radius 1 is 1.11 bits per heavy atom. The summed E-state index contributed by atoms with van der Waals surface area (Å²) < 4.78 is 0. The number of benzene rings is 2. The largest absolute Gasteiger partial charge is 0.395 e. The van der Waals surface area contributed by atoms with Gasteiger partial charge in [-0.25, -0.2) is 4.79 Å². The molecule has 37 heavy (non-hydrogen) atoms. The van der Waals surface area contributed by atoms with Gasteiger partial charge in [0.15, 0.2) is 5.96 Å². The topological polar surface area (TPSA) is 184 Å². The molecular weight excluding hydrogens is 472 g/mol. The Labute approximate surface area is 215 Å². The first-order valence-corrected chi connectivity index (χ1v) is 12.0. The van der Waals surface area contributed by atoms with Crippen LogP contribution in [0.1, 0.15) is 27.9 Å². The third kappa shape index (κ3) is 6.46. The van der Waals surface area contributed by atoms with Gasteiger partial charge in [0.1, 0.15) is 6.17 Å². The van der Waals surface area contributed by atoms with Crippen LogP contribution in [0.4, 0.5) is 10.5 Å². The highest BCUT2D eigenvalue weighted by Crippen LogP contribution is 2.28. The number of nitrogens with two attached hydrogens (primary N) is 3. The minimum absolute atomic E-state index is 0.0274. The molecule has 4 rings (SSSR count). The Morgan fingerprint density at radius 2 is 1.84 bits per heavy atom. The summed E-state index contributed by atoms with van der Waals surface area (Å²) in [5, 5.41) is 18.3. The molecule has 0 spiro atoms. The normalized spacial score (nSPS) is 17.1. The van der Waals surface area contributed by atoms with Crippen LogP contribution in [0.15, 0.2) is 71.4 Å². The van der Waals surface area contributed by atoms with Gasteiger partial charge < -0.3 is 38.3 Å². The number of guanidine groups is 1. The van der Waals surface area contributed by atoms with Gasteiger partial charge in [0.05, 0.1) is 12.3 Å². The lowest BCUT2D eigenvalue weighted by Gasteiger charge is -2.29. The summed E-state index contributed by atoms with van der Waals surface area (Å²) in [4.78, 5) is 30.6. The number of rotatable bonds is 10. The van der Waals surface area contributed by atoms with E-state index >= 15 is 0 Å². The van der Waals surface area contributed by atoms with Gasteiger partial charge in [0.25, 0.3) is 5.91 Å². The number of nitrogens with zero attached hydrogens (tertiary/aromatic N) is 2. The molecule has 2 aliphatic heterocycles. The van der Waals surface area contributed by atoms with Crippen LogP contribution in [0.25, 0.3) is 5.70 Å². The van der Waals surface area contributed by atoms with Crippen molar-refractivity contribution in [2.45, 2.75) is 25.0 Å². The van der Waals surface area contributed by atoms with Gasteiger partial charge in [-0.05, 0) is 54.3 Å². The molecule has 0 fully saturated rings. The van der Waals surface area contributed by atoms with Crippen LogP contribution in [0.3, 0.4) is 0 Å². The van der Waals surface area contributed by atoms with E-state index in [2.05, 4.69) is 20.9 Å². The molecule has 3 amide bonds. The zero-order chi connectivity index (χ0) is 26.4. The monoisotopic (exact) mass is 504 g/mol. The van der Waals surface area contributed by atoms with Gasteiger partial charge in [-0.15, -0.1) is 0 Å². The second kappa shape index (κ2) is 11.6. The van der Waals surface area contributed by atoms with Crippen molar-refractivity contribution in [2.24, 2.45) is 22.2 Å². The minimum Gasteiger partial charge on any atom is -0.395 e. The number of hydrogen-bond donors (Lipinski definition) is 7. The molecule has 0 aromatic heterocycles. The Kier molecular flexibility index (Phi) is 8.06. The fourth-order valence-electron chi connectivity index (χ4n) is 4.07. The second-order valence-electron chi connectivity index (χ2n) is 8.89. The van der Waals surface area contributed by atoms with Crippen LogP contribution in [-0.4, -0.2) is 54.9 Å². The van der Waals surface area contributed by atoms with E-state index in [0.717, 1.165) is 22.4 Å². The van der Waals surface area contributed by atoms with Crippen molar-refractivity contribution in [3.05, 3.63) is 83.1 Å². The number of aliphatic hydroxyl groups is 1. The summed E-state index contributed by atoms with van der Waals surface area (Å²) in [5.74, 6) is -0.186. The molecule has 1 unspecified atom stereocenters. The molecular formula is C26H32N8O3. The Bertz CT molecular complexity index is 1220. The van der Waals surface area contributed by atoms with Gasteiger partial charge in [0.2, 0.25) is 0 Å². The Morgan fingerprint density at radius 3 is 2.51 bits per heavy atom. The lowest BCUT2D eigenvalue weighted by Crippen LogP contribution is -2.51. The first-order valence-electron chi connectivity index (χ1n) is 12.0. The van der Waals surface area contributed by atoms with Crippen molar-refractivity contribution < 1.29 is 14.7 Å². The SMILES string of the molecule is NC(N)=NCCCNC(=O)c1ccc(N2C=C3C=C(c4ccc(C[C@H](N)CO)cc4)NC3NC2=O)cc1. The van der Waals surface area contributed by atoms with E-state index in [9.17, 15) is 9.59 Å².